The van der Waals surface area contributed by atoms with Crippen molar-refractivity contribution in [3.63, 3.8) is 0 Å². The van der Waals surface area contributed by atoms with Gasteiger partial charge in [0.05, 0.1) is 7.11 Å². The monoisotopic (exact) mass is 261 g/mol. The lowest BCUT2D eigenvalue weighted by Gasteiger charge is -2.21. The van der Waals surface area contributed by atoms with Gasteiger partial charge in [-0.25, -0.2) is 0 Å². The lowest BCUT2D eigenvalue weighted by molar-refractivity contribution is 0.413. The van der Waals surface area contributed by atoms with E-state index in [2.05, 4.69) is 38.2 Å². The number of ether oxygens (including phenoxy) is 1. The van der Waals surface area contributed by atoms with Crippen LogP contribution >= 0.6 is 0 Å². The zero-order valence-electron chi connectivity index (χ0n) is 12.8. The van der Waals surface area contributed by atoms with E-state index in [-0.39, 0.29) is 0 Å². The quantitative estimate of drug-likeness (QED) is 0.871. The van der Waals surface area contributed by atoms with Crippen LogP contribution in [0, 0.1) is 13.8 Å². The first-order valence-electron chi connectivity index (χ1n) is 7.50. The third kappa shape index (κ3) is 3.73. The molecular formula is C17H27NO. The van der Waals surface area contributed by atoms with Gasteiger partial charge in [0.15, 0.2) is 0 Å². The number of aryl methyl sites for hydroxylation is 2. The van der Waals surface area contributed by atoms with Gasteiger partial charge >= 0.3 is 0 Å². The van der Waals surface area contributed by atoms with Gasteiger partial charge in [-0.3, -0.25) is 0 Å². The topological polar surface area (TPSA) is 21.3 Å². The molecule has 0 aromatic heterocycles. The molecule has 2 rings (SSSR count). The van der Waals surface area contributed by atoms with Crippen LogP contribution in [0.3, 0.4) is 0 Å². The maximum Gasteiger partial charge on any atom is 0.119 e. The molecule has 2 heteroatoms. The maximum absolute atomic E-state index is 5.33. The van der Waals surface area contributed by atoms with Crippen molar-refractivity contribution in [1.29, 1.82) is 0 Å². The molecule has 2 nitrogen and oxygen atoms in total. The fraction of sp³-hybridized carbons (Fsp3) is 0.647. The van der Waals surface area contributed by atoms with Gasteiger partial charge in [-0.15, -0.1) is 0 Å². The summed E-state index contributed by atoms with van der Waals surface area (Å²) in [6.45, 7) is 6.68. The van der Waals surface area contributed by atoms with Crippen molar-refractivity contribution in [2.45, 2.75) is 65.0 Å². The zero-order chi connectivity index (χ0) is 13.8. The highest BCUT2D eigenvalue weighted by Gasteiger charge is 2.18. The van der Waals surface area contributed by atoms with Gasteiger partial charge in [0.25, 0.3) is 0 Å². The largest absolute Gasteiger partial charge is 0.497 e. The van der Waals surface area contributed by atoms with Crippen molar-refractivity contribution in [3.05, 3.63) is 28.8 Å². The molecule has 106 valence electrons. The molecule has 0 spiro atoms. The molecule has 0 aliphatic heterocycles. The molecule has 1 fully saturated rings. The Morgan fingerprint density at radius 1 is 1.21 bits per heavy atom. The lowest BCUT2D eigenvalue weighted by atomic mass is 9.96. The lowest BCUT2D eigenvalue weighted by Crippen LogP contribution is -2.36. The highest BCUT2D eigenvalue weighted by atomic mass is 16.5. The average Bonchev–Trinajstić information content (AvgIpc) is 2.86. The Balaban J connectivity index is 2.01. The smallest absolute Gasteiger partial charge is 0.119 e. The Morgan fingerprint density at radius 2 is 1.79 bits per heavy atom. The summed E-state index contributed by atoms with van der Waals surface area (Å²) >= 11 is 0. The van der Waals surface area contributed by atoms with E-state index >= 15 is 0 Å². The molecule has 1 aromatic carbocycles. The summed E-state index contributed by atoms with van der Waals surface area (Å²) in [5.41, 5.74) is 4.16. The van der Waals surface area contributed by atoms with Gasteiger partial charge in [-0.05, 0) is 68.9 Å². The normalized spacial score (nSPS) is 17.7. The van der Waals surface area contributed by atoms with E-state index in [9.17, 15) is 0 Å². The van der Waals surface area contributed by atoms with Gasteiger partial charge in [-0.2, -0.15) is 0 Å². The van der Waals surface area contributed by atoms with Crippen LogP contribution in [0.1, 0.15) is 49.3 Å². The second-order valence-electron chi connectivity index (χ2n) is 5.99. The Morgan fingerprint density at radius 3 is 2.32 bits per heavy atom. The molecule has 0 saturated heterocycles. The van der Waals surface area contributed by atoms with Crippen molar-refractivity contribution < 1.29 is 4.74 Å². The molecule has 0 bridgehead atoms. The highest BCUT2D eigenvalue weighted by molar-refractivity contribution is 5.41. The number of hydrogen-bond acceptors (Lipinski definition) is 2. The maximum atomic E-state index is 5.33. The van der Waals surface area contributed by atoms with Crippen LogP contribution < -0.4 is 10.1 Å². The van der Waals surface area contributed by atoms with Crippen LogP contribution in [0.4, 0.5) is 0 Å². The van der Waals surface area contributed by atoms with Crippen molar-refractivity contribution in [2.75, 3.05) is 7.11 Å². The first-order chi connectivity index (χ1) is 9.10. The van der Waals surface area contributed by atoms with Gasteiger partial charge in [0.1, 0.15) is 5.75 Å². The van der Waals surface area contributed by atoms with Crippen LogP contribution in [0.25, 0.3) is 0 Å². The fourth-order valence-electron chi connectivity index (χ4n) is 3.25. The summed E-state index contributed by atoms with van der Waals surface area (Å²) in [5.74, 6) is 0.968. The Hall–Kier alpha value is -1.02. The molecular weight excluding hydrogens is 234 g/mol. The van der Waals surface area contributed by atoms with E-state index in [1.807, 2.05) is 0 Å². The molecule has 1 N–H and O–H groups in total. The van der Waals surface area contributed by atoms with Gasteiger partial charge < -0.3 is 10.1 Å². The van der Waals surface area contributed by atoms with Gasteiger partial charge in [0, 0.05) is 12.1 Å². The average molecular weight is 261 g/mol. The SMILES string of the molecule is COc1cc(C)c(CC(C)NC2CCCC2)c(C)c1. The Kier molecular flexibility index (Phi) is 4.87. The van der Waals surface area contributed by atoms with Crippen molar-refractivity contribution in [1.82, 2.24) is 5.32 Å². The molecule has 0 heterocycles. The summed E-state index contributed by atoms with van der Waals surface area (Å²) in [6.07, 6.45) is 6.60. The van der Waals surface area contributed by atoms with Crippen LogP contribution in [0.2, 0.25) is 0 Å². The number of hydrogen-bond donors (Lipinski definition) is 1. The number of nitrogens with one attached hydrogen (secondary N) is 1. The number of methoxy groups -OCH3 is 1. The molecule has 1 unspecified atom stereocenters. The standard InChI is InChI=1S/C17H27NO/c1-12-9-16(19-4)10-13(2)17(12)11-14(3)18-15-7-5-6-8-15/h9-10,14-15,18H,5-8,11H2,1-4H3. The van der Waals surface area contributed by atoms with E-state index in [0.717, 1.165) is 18.2 Å². The van der Waals surface area contributed by atoms with E-state index in [4.69, 9.17) is 4.74 Å². The third-order valence-corrected chi connectivity index (χ3v) is 4.29. The second-order valence-corrected chi connectivity index (χ2v) is 5.99. The summed E-state index contributed by atoms with van der Waals surface area (Å²) in [4.78, 5) is 0. The summed E-state index contributed by atoms with van der Waals surface area (Å²) < 4.78 is 5.33. The highest BCUT2D eigenvalue weighted by Crippen LogP contribution is 2.24. The first-order valence-corrected chi connectivity index (χ1v) is 7.50. The molecule has 1 atom stereocenters. The summed E-state index contributed by atoms with van der Waals surface area (Å²) in [7, 11) is 1.73. The molecule has 0 radical (unpaired) electrons. The fourth-order valence-corrected chi connectivity index (χ4v) is 3.25. The number of benzene rings is 1. The molecule has 1 aromatic rings. The van der Waals surface area contributed by atoms with E-state index in [1.54, 1.807) is 7.11 Å². The molecule has 1 saturated carbocycles. The third-order valence-electron chi connectivity index (χ3n) is 4.29. The molecule has 1 aliphatic rings. The zero-order valence-corrected chi connectivity index (χ0v) is 12.8. The van der Waals surface area contributed by atoms with Crippen molar-refractivity contribution in [2.24, 2.45) is 0 Å². The minimum absolute atomic E-state index is 0.550. The predicted molar refractivity (Wildman–Crippen MR) is 81.0 cm³/mol. The Labute approximate surface area is 117 Å². The second kappa shape index (κ2) is 6.42. The minimum atomic E-state index is 0.550. The summed E-state index contributed by atoms with van der Waals surface area (Å²) in [6, 6.07) is 5.58. The molecule has 1 aliphatic carbocycles. The van der Waals surface area contributed by atoms with E-state index < -0.39 is 0 Å². The Bertz CT molecular complexity index is 398. The first kappa shape index (κ1) is 14.4. The minimum Gasteiger partial charge on any atom is -0.497 e. The molecule has 19 heavy (non-hydrogen) atoms. The van der Waals surface area contributed by atoms with Crippen molar-refractivity contribution >= 4 is 0 Å². The van der Waals surface area contributed by atoms with Crippen LogP contribution in [-0.2, 0) is 6.42 Å². The predicted octanol–water partition coefficient (Wildman–Crippen LogP) is 3.78. The van der Waals surface area contributed by atoms with Crippen LogP contribution in [0.5, 0.6) is 5.75 Å². The van der Waals surface area contributed by atoms with Gasteiger partial charge in [0.2, 0.25) is 0 Å². The van der Waals surface area contributed by atoms with E-state index in [0.29, 0.717) is 6.04 Å². The summed E-state index contributed by atoms with van der Waals surface area (Å²) in [5, 5.41) is 3.78. The van der Waals surface area contributed by atoms with Crippen LogP contribution in [-0.4, -0.2) is 19.2 Å². The van der Waals surface area contributed by atoms with E-state index in [1.165, 1.54) is 42.4 Å². The molecule has 0 amide bonds. The van der Waals surface area contributed by atoms with Gasteiger partial charge in [-0.1, -0.05) is 12.8 Å². The van der Waals surface area contributed by atoms with Crippen molar-refractivity contribution in [3.8, 4) is 5.75 Å². The van der Waals surface area contributed by atoms with Crippen LogP contribution in [0.15, 0.2) is 12.1 Å². The number of rotatable bonds is 5.